The standard InChI is InChI=1S/C11H21NO/c1-4-6-9(2)12-8-5-7-11(12)10(3)13/h9,11H,4-8H2,1-3H3/t9?,11-/m1/s1. The summed E-state index contributed by atoms with van der Waals surface area (Å²) >= 11 is 0. The molecule has 1 unspecified atom stereocenters. The van der Waals surface area contributed by atoms with Gasteiger partial charge in [0.15, 0.2) is 0 Å². The molecule has 1 heterocycles. The van der Waals surface area contributed by atoms with Gasteiger partial charge in [-0.15, -0.1) is 0 Å². The molecule has 2 atom stereocenters. The van der Waals surface area contributed by atoms with Crippen molar-refractivity contribution in [3.8, 4) is 0 Å². The molecule has 76 valence electrons. The summed E-state index contributed by atoms with van der Waals surface area (Å²) in [7, 11) is 0. The second-order valence-electron chi connectivity index (χ2n) is 4.14. The first-order valence-corrected chi connectivity index (χ1v) is 5.43. The first kappa shape index (κ1) is 10.7. The number of Topliss-reactive ketones (excluding diaryl/α,β-unsaturated/α-hetero) is 1. The number of carbonyl (C=O) groups excluding carboxylic acids is 1. The zero-order chi connectivity index (χ0) is 9.84. The molecule has 0 radical (unpaired) electrons. The van der Waals surface area contributed by atoms with E-state index in [0.29, 0.717) is 11.8 Å². The lowest BCUT2D eigenvalue weighted by atomic mass is 10.1. The maximum atomic E-state index is 11.3. The summed E-state index contributed by atoms with van der Waals surface area (Å²) in [5.74, 6) is 0.348. The topological polar surface area (TPSA) is 20.3 Å². The van der Waals surface area contributed by atoms with Crippen molar-refractivity contribution in [3.05, 3.63) is 0 Å². The van der Waals surface area contributed by atoms with Crippen molar-refractivity contribution in [1.29, 1.82) is 0 Å². The minimum absolute atomic E-state index is 0.224. The van der Waals surface area contributed by atoms with Crippen molar-refractivity contribution in [2.75, 3.05) is 6.54 Å². The molecule has 1 saturated heterocycles. The molecule has 1 rings (SSSR count). The Morgan fingerprint density at radius 1 is 1.62 bits per heavy atom. The summed E-state index contributed by atoms with van der Waals surface area (Å²) in [5.41, 5.74) is 0. The van der Waals surface area contributed by atoms with Crippen LogP contribution in [0.15, 0.2) is 0 Å². The second-order valence-corrected chi connectivity index (χ2v) is 4.14. The van der Waals surface area contributed by atoms with Crippen LogP contribution in [-0.2, 0) is 4.79 Å². The number of likely N-dealkylation sites (tertiary alicyclic amines) is 1. The number of hydrogen-bond donors (Lipinski definition) is 0. The fourth-order valence-corrected chi connectivity index (χ4v) is 2.34. The molecule has 0 N–H and O–H groups in total. The Morgan fingerprint density at radius 2 is 2.31 bits per heavy atom. The van der Waals surface area contributed by atoms with Crippen molar-refractivity contribution in [2.45, 2.75) is 58.5 Å². The van der Waals surface area contributed by atoms with Crippen LogP contribution < -0.4 is 0 Å². The first-order valence-electron chi connectivity index (χ1n) is 5.43. The summed E-state index contributed by atoms with van der Waals surface area (Å²) in [5, 5.41) is 0. The van der Waals surface area contributed by atoms with Gasteiger partial charge in [0.05, 0.1) is 6.04 Å². The Balaban J connectivity index is 2.52. The molecule has 13 heavy (non-hydrogen) atoms. The van der Waals surface area contributed by atoms with E-state index in [1.807, 2.05) is 0 Å². The van der Waals surface area contributed by atoms with Crippen molar-refractivity contribution in [3.63, 3.8) is 0 Å². The summed E-state index contributed by atoms with van der Waals surface area (Å²) < 4.78 is 0. The third-order valence-electron chi connectivity index (χ3n) is 3.04. The quantitative estimate of drug-likeness (QED) is 0.666. The molecule has 0 aromatic heterocycles. The van der Waals surface area contributed by atoms with Crippen LogP contribution in [0.2, 0.25) is 0 Å². The predicted molar refractivity (Wildman–Crippen MR) is 54.8 cm³/mol. The Labute approximate surface area is 81.3 Å². The van der Waals surface area contributed by atoms with E-state index in [4.69, 9.17) is 0 Å². The summed E-state index contributed by atoms with van der Waals surface area (Å²) in [6.45, 7) is 7.28. The Bertz CT molecular complexity index is 179. The van der Waals surface area contributed by atoms with Gasteiger partial charge in [0.1, 0.15) is 5.78 Å². The monoisotopic (exact) mass is 183 g/mol. The Kier molecular flexibility index (Phi) is 3.91. The zero-order valence-electron chi connectivity index (χ0n) is 9.05. The maximum Gasteiger partial charge on any atom is 0.146 e. The number of ketones is 1. The van der Waals surface area contributed by atoms with E-state index in [1.54, 1.807) is 6.92 Å². The highest BCUT2D eigenvalue weighted by molar-refractivity contribution is 5.81. The summed E-state index contributed by atoms with van der Waals surface area (Å²) in [4.78, 5) is 13.7. The normalized spacial score (nSPS) is 26.2. The molecular formula is C11H21NO. The van der Waals surface area contributed by atoms with Gasteiger partial charge in [0.25, 0.3) is 0 Å². The van der Waals surface area contributed by atoms with Gasteiger partial charge in [-0.05, 0) is 39.7 Å². The average molecular weight is 183 g/mol. The maximum absolute atomic E-state index is 11.3. The van der Waals surface area contributed by atoms with E-state index < -0.39 is 0 Å². The van der Waals surface area contributed by atoms with Crippen LogP contribution in [0.4, 0.5) is 0 Å². The van der Waals surface area contributed by atoms with Crippen molar-refractivity contribution < 1.29 is 4.79 Å². The molecule has 0 aliphatic carbocycles. The Hall–Kier alpha value is -0.370. The van der Waals surface area contributed by atoms with Crippen LogP contribution in [0, 0.1) is 0 Å². The molecule has 2 nitrogen and oxygen atoms in total. The van der Waals surface area contributed by atoms with Gasteiger partial charge in [-0.1, -0.05) is 13.3 Å². The molecule has 0 spiro atoms. The van der Waals surface area contributed by atoms with E-state index in [2.05, 4.69) is 18.7 Å². The highest BCUT2D eigenvalue weighted by atomic mass is 16.1. The van der Waals surface area contributed by atoms with Gasteiger partial charge in [-0.2, -0.15) is 0 Å². The highest BCUT2D eigenvalue weighted by Crippen LogP contribution is 2.22. The molecule has 0 saturated carbocycles. The van der Waals surface area contributed by atoms with E-state index in [0.717, 1.165) is 13.0 Å². The van der Waals surface area contributed by atoms with Crippen LogP contribution in [-0.4, -0.2) is 29.3 Å². The van der Waals surface area contributed by atoms with Gasteiger partial charge < -0.3 is 0 Å². The smallest absolute Gasteiger partial charge is 0.146 e. The lowest BCUT2D eigenvalue weighted by Crippen LogP contribution is -2.40. The van der Waals surface area contributed by atoms with Crippen LogP contribution in [0.5, 0.6) is 0 Å². The number of hydrogen-bond acceptors (Lipinski definition) is 2. The number of carbonyl (C=O) groups is 1. The third-order valence-corrected chi connectivity index (χ3v) is 3.04. The van der Waals surface area contributed by atoms with Crippen molar-refractivity contribution in [2.24, 2.45) is 0 Å². The largest absolute Gasteiger partial charge is 0.298 e. The van der Waals surface area contributed by atoms with Gasteiger partial charge >= 0.3 is 0 Å². The third kappa shape index (κ3) is 2.53. The van der Waals surface area contributed by atoms with Crippen LogP contribution >= 0.6 is 0 Å². The van der Waals surface area contributed by atoms with Crippen LogP contribution in [0.3, 0.4) is 0 Å². The SMILES string of the molecule is CCCC(C)N1CCC[C@@H]1C(C)=O. The molecular weight excluding hydrogens is 162 g/mol. The molecule has 0 aromatic rings. The second kappa shape index (κ2) is 4.75. The van der Waals surface area contributed by atoms with Gasteiger partial charge in [-0.3, -0.25) is 9.69 Å². The van der Waals surface area contributed by atoms with Crippen molar-refractivity contribution >= 4 is 5.78 Å². The summed E-state index contributed by atoms with van der Waals surface area (Å²) in [6.07, 6.45) is 4.69. The lowest BCUT2D eigenvalue weighted by Gasteiger charge is -2.28. The minimum Gasteiger partial charge on any atom is -0.298 e. The zero-order valence-corrected chi connectivity index (χ0v) is 9.05. The van der Waals surface area contributed by atoms with Gasteiger partial charge in [0, 0.05) is 6.04 Å². The molecule has 1 aliphatic rings. The van der Waals surface area contributed by atoms with E-state index in [-0.39, 0.29) is 6.04 Å². The van der Waals surface area contributed by atoms with E-state index in [9.17, 15) is 4.79 Å². The van der Waals surface area contributed by atoms with Gasteiger partial charge in [-0.25, -0.2) is 0 Å². The lowest BCUT2D eigenvalue weighted by molar-refractivity contribution is -0.121. The van der Waals surface area contributed by atoms with Crippen LogP contribution in [0.1, 0.15) is 46.5 Å². The average Bonchev–Trinajstić information content (AvgIpc) is 2.52. The fraction of sp³-hybridized carbons (Fsp3) is 0.909. The van der Waals surface area contributed by atoms with Crippen molar-refractivity contribution in [1.82, 2.24) is 4.90 Å². The predicted octanol–water partition coefficient (Wildman–Crippen LogP) is 2.23. The summed E-state index contributed by atoms with van der Waals surface area (Å²) in [6, 6.07) is 0.808. The fourth-order valence-electron chi connectivity index (χ4n) is 2.34. The molecule has 0 amide bonds. The molecule has 0 aromatic carbocycles. The van der Waals surface area contributed by atoms with E-state index >= 15 is 0 Å². The van der Waals surface area contributed by atoms with E-state index in [1.165, 1.54) is 19.3 Å². The number of nitrogens with zero attached hydrogens (tertiary/aromatic N) is 1. The minimum atomic E-state index is 0.224. The highest BCUT2D eigenvalue weighted by Gasteiger charge is 2.30. The van der Waals surface area contributed by atoms with Crippen LogP contribution in [0.25, 0.3) is 0 Å². The molecule has 2 heteroatoms. The molecule has 1 fully saturated rings. The Morgan fingerprint density at radius 3 is 2.85 bits per heavy atom. The molecule has 0 bridgehead atoms. The van der Waals surface area contributed by atoms with Gasteiger partial charge in [0.2, 0.25) is 0 Å². The first-order chi connectivity index (χ1) is 6.16. The number of rotatable bonds is 4. The molecule has 1 aliphatic heterocycles.